The molecule has 0 radical (unpaired) electrons. The third kappa shape index (κ3) is 3.49. The molecule has 1 saturated heterocycles. The molecule has 0 bridgehead atoms. The van der Waals surface area contributed by atoms with Crippen LogP contribution in [0.15, 0.2) is 12.4 Å². The number of nitrogens with one attached hydrogen (secondary N) is 2. The quantitative estimate of drug-likeness (QED) is 0.841. The number of amides is 3. The third-order valence-electron chi connectivity index (χ3n) is 3.50. The molecule has 1 aromatic heterocycles. The second kappa shape index (κ2) is 6.40. The topological polar surface area (TPSA) is 81.3 Å². The highest BCUT2D eigenvalue weighted by molar-refractivity contribution is 5.79. The largest absolute Gasteiger partial charge is 0.349 e. The molecule has 7 nitrogen and oxygen atoms in total. The van der Waals surface area contributed by atoms with Crippen molar-refractivity contribution in [2.24, 2.45) is 5.92 Å². The minimum absolute atomic E-state index is 0.0134. The molecule has 1 aromatic rings. The van der Waals surface area contributed by atoms with Gasteiger partial charge in [-0.3, -0.25) is 4.79 Å². The van der Waals surface area contributed by atoms with Crippen LogP contribution in [0.3, 0.4) is 0 Å². The van der Waals surface area contributed by atoms with Crippen LogP contribution in [-0.4, -0.2) is 58.9 Å². The number of H-pyrrole nitrogens is 1. The van der Waals surface area contributed by atoms with Gasteiger partial charge in [0.25, 0.3) is 0 Å². The van der Waals surface area contributed by atoms with Gasteiger partial charge in [0.1, 0.15) is 5.82 Å². The van der Waals surface area contributed by atoms with Gasteiger partial charge in [-0.2, -0.15) is 0 Å². The Bertz CT molecular complexity index is 449. The highest BCUT2D eigenvalue weighted by atomic mass is 16.2. The summed E-state index contributed by atoms with van der Waals surface area (Å²) in [5, 5.41) is 2.88. The SMILES string of the molecule is CN(C)C(=O)N1CCC(C(=O)NCc2ncc[nH]2)CC1. The van der Waals surface area contributed by atoms with E-state index in [1.54, 1.807) is 36.3 Å². The molecule has 2 heterocycles. The second-order valence-corrected chi connectivity index (χ2v) is 5.19. The average molecular weight is 279 g/mol. The normalized spacial score (nSPS) is 16.0. The highest BCUT2D eigenvalue weighted by Crippen LogP contribution is 2.18. The zero-order valence-corrected chi connectivity index (χ0v) is 11.9. The number of likely N-dealkylation sites (tertiary alicyclic amines) is 1. The lowest BCUT2D eigenvalue weighted by Gasteiger charge is -2.33. The van der Waals surface area contributed by atoms with Gasteiger partial charge in [0, 0.05) is 45.5 Å². The monoisotopic (exact) mass is 279 g/mol. The molecule has 20 heavy (non-hydrogen) atoms. The molecule has 3 amide bonds. The van der Waals surface area contributed by atoms with E-state index >= 15 is 0 Å². The molecular weight excluding hydrogens is 258 g/mol. The molecule has 2 rings (SSSR count). The zero-order chi connectivity index (χ0) is 14.5. The summed E-state index contributed by atoms with van der Waals surface area (Å²) in [5.41, 5.74) is 0. The van der Waals surface area contributed by atoms with Crippen LogP contribution in [0.25, 0.3) is 0 Å². The lowest BCUT2D eigenvalue weighted by molar-refractivity contribution is -0.126. The summed E-state index contributed by atoms with van der Waals surface area (Å²) in [6.45, 7) is 1.69. The van der Waals surface area contributed by atoms with E-state index < -0.39 is 0 Å². The molecule has 0 saturated carbocycles. The predicted octanol–water partition coefficient (Wildman–Crippen LogP) is 0.420. The van der Waals surface area contributed by atoms with E-state index in [0.29, 0.717) is 32.5 Å². The Morgan fingerprint density at radius 2 is 2.15 bits per heavy atom. The number of carbonyl (C=O) groups is 2. The molecule has 1 aliphatic heterocycles. The van der Waals surface area contributed by atoms with Gasteiger partial charge >= 0.3 is 6.03 Å². The first kappa shape index (κ1) is 14.4. The molecule has 1 fully saturated rings. The van der Waals surface area contributed by atoms with Crippen molar-refractivity contribution in [1.82, 2.24) is 25.1 Å². The van der Waals surface area contributed by atoms with Gasteiger partial charge < -0.3 is 20.1 Å². The molecule has 0 atom stereocenters. The molecule has 0 aliphatic carbocycles. The van der Waals surface area contributed by atoms with Crippen LogP contribution in [0.1, 0.15) is 18.7 Å². The maximum absolute atomic E-state index is 12.0. The van der Waals surface area contributed by atoms with Gasteiger partial charge in [0.15, 0.2) is 0 Å². The van der Waals surface area contributed by atoms with Crippen LogP contribution >= 0.6 is 0 Å². The van der Waals surface area contributed by atoms with Crippen molar-refractivity contribution in [2.45, 2.75) is 19.4 Å². The molecule has 110 valence electrons. The number of nitrogens with zero attached hydrogens (tertiary/aromatic N) is 3. The molecule has 0 spiro atoms. The summed E-state index contributed by atoms with van der Waals surface area (Å²) >= 11 is 0. The molecule has 7 heteroatoms. The number of urea groups is 1. The van der Waals surface area contributed by atoms with Crippen molar-refractivity contribution in [2.75, 3.05) is 27.2 Å². The fourth-order valence-electron chi connectivity index (χ4n) is 2.33. The molecule has 1 aliphatic rings. The fraction of sp³-hybridized carbons (Fsp3) is 0.615. The molecular formula is C13H21N5O2. The van der Waals surface area contributed by atoms with Gasteiger partial charge in [-0.15, -0.1) is 0 Å². The van der Waals surface area contributed by atoms with Gasteiger partial charge in [-0.25, -0.2) is 9.78 Å². The summed E-state index contributed by atoms with van der Waals surface area (Å²) in [5.74, 6) is 0.771. The average Bonchev–Trinajstić information content (AvgIpc) is 2.97. The van der Waals surface area contributed by atoms with Crippen molar-refractivity contribution in [1.29, 1.82) is 0 Å². The van der Waals surface area contributed by atoms with E-state index in [9.17, 15) is 9.59 Å². The number of carbonyl (C=O) groups excluding carboxylic acids is 2. The van der Waals surface area contributed by atoms with Crippen LogP contribution < -0.4 is 5.32 Å². The first-order chi connectivity index (χ1) is 9.58. The number of hydrogen-bond acceptors (Lipinski definition) is 3. The number of hydrogen-bond donors (Lipinski definition) is 2. The first-order valence-electron chi connectivity index (χ1n) is 6.80. The van der Waals surface area contributed by atoms with Gasteiger partial charge in [0.05, 0.1) is 6.54 Å². The number of piperidine rings is 1. The minimum atomic E-state index is -0.0174. The van der Waals surface area contributed by atoms with Crippen molar-refractivity contribution in [3.63, 3.8) is 0 Å². The smallest absolute Gasteiger partial charge is 0.319 e. The predicted molar refractivity (Wildman–Crippen MR) is 73.8 cm³/mol. The van der Waals surface area contributed by atoms with Crippen LogP contribution in [0.5, 0.6) is 0 Å². The Hall–Kier alpha value is -2.05. The number of imidazole rings is 1. The second-order valence-electron chi connectivity index (χ2n) is 5.19. The van der Waals surface area contributed by atoms with E-state index in [4.69, 9.17) is 0 Å². The van der Waals surface area contributed by atoms with Crippen LogP contribution in [0.4, 0.5) is 4.79 Å². The van der Waals surface area contributed by atoms with Gasteiger partial charge in [-0.1, -0.05) is 0 Å². The summed E-state index contributed by atoms with van der Waals surface area (Å²) < 4.78 is 0. The molecule has 2 N–H and O–H groups in total. The van der Waals surface area contributed by atoms with E-state index in [0.717, 1.165) is 5.82 Å². The van der Waals surface area contributed by atoms with E-state index in [1.807, 2.05) is 0 Å². The minimum Gasteiger partial charge on any atom is -0.349 e. The van der Waals surface area contributed by atoms with E-state index in [1.165, 1.54) is 0 Å². The van der Waals surface area contributed by atoms with Gasteiger partial charge in [-0.05, 0) is 12.8 Å². The van der Waals surface area contributed by atoms with Crippen LogP contribution in [-0.2, 0) is 11.3 Å². The van der Waals surface area contributed by atoms with Crippen molar-refractivity contribution < 1.29 is 9.59 Å². The summed E-state index contributed by atoms with van der Waals surface area (Å²) in [6, 6.07) is 0.0134. The van der Waals surface area contributed by atoms with Crippen molar-refractivity contribution in [3.05, 3.63) is 18.2 Å². The highest BCUT2D eigenvalue weighted by Gasteiger charge is 2.27. The number of rotatable bonds is 3. The lowest BCUT2D eigenvalue weighted by atomic mass is 9.96. The Kier molecular flexibility index (Phi) is 4.60. The summed E-state index contributed by atoms with van der Waals surface area (Å²) in [7, 11) is 3.48. The van der Waals surface area contributed by atoms with Crippen molar-refractivity contribution >= 4 is 11.9 Å². The van der Waals surface area contributed by atoms with Crippen molar-refractivity contribution in [3.8, 4) is 0 Å². The lowest BCUT2D eigenvalue weighted by Crippen LogP contribution is -2.46. The maximum atomic E-state index is 12.0. The Labute approximate surface area is 118 Å². The first-order valence-corrected chi connectivity index (χ1v) is 6.80. The number of aromatic amines is 1. The maximum Gasteiger partial charge on any atom is 0.319 e. The Morgan fingerprint density at radius 1 is 1.45 bits per heavy atom. The van der Waals surface area contributed by atoms with Crippen LogP contribution in [0, 0.1) is 5.92 Å². The van der Waals surface area contributed by atoms with Crippen LogP contribution in [0.2, 0.25) is 0 Å². The molecule has 0 aromatic carbocycles. The molecule has 0 unspecified atom stereocenters. The van der Waals surface area contributed by atoms with Gasteiger partial charge in [0.2, 0.25) is 5.91 Å². The fourth-order valence-corrected chi connectivity index (χ4v) is 2.33. The standard InChI is InChI=1S/C13H21N5O2/c1-17(2)13(20)18-7-3-10(4-8-18)12(19)16-9-11-14-5-6-15-11/h5-6,10H,3-4,7-9H2,1-2H3,(H,14,15)(H,16,19). The number of aromatic nitrogens is 2. The Morgan fingerprint density at radius 3 is 2.70 bits per heavy atom. The van der Waals surface area contributed by atoms with E-state index in [-0.39, 0.29) is 17.9 Å². The van der Waals surface area contributed by atoms with E-state index in [2.05, 4.69) is 15.3 Å². The zero-order valence-electron chi connectivity index (χ0n) is 11.9. The third-order valence-corrected chi connectivity index (χ3v) is 3.50. The summed E-state index contributed by atoms with van der Waals surface area (Å²) in [6.07, 6.45) is 4.81. The summed E-state index contributed by atoms with van der Waals surface area (Å²) in [4.78, 5) is 34.2. The Balaban J connectivity index is 1.75.